The lowest BCUT2D eigenvalue weighted by molar-refractivity contribution is -0.0328. The minimum atomic E-state index is -4.28. The summed E-state index contributed by atoms with van der Waals surface area (Å²) in [5.74, 6) is 0. The van der Waals surface area contributed by atoms with Gasteiger partial charge in [0.05, 0.1) is 6.07 Å². The van der Waals surface area contributed by atoms with Crippen molar-refractivity contribution in [3.8, 4) is 6.07 Å². The molecule has 5 heteroatoms. The number of benzene rings is 1. The molecule has 0 aliphatic heterocycles. The molecule has 0 spiro atoms. The Morgan fingerprint density at radius 1 is 1.33 bits per heavy atom. The van der Waals surface area contributed by atoms with Crippen molar-refractivity contribution < 1.29 is 13.2 Å². The van der Waals surface area contributed by atoms with Gasteiger partial charge in [-0.3, -0.25) is 0 Å². The van der Waals surface area contributed by atoms with Crippen molar-refractivity contribution in [2.45, 2.75) is 10.4 Å². The molecule has 0 radical (unpaired) electrons. The predicted molar refractivity (Wildman–Crippen MR) is 53.0 cm³/mol. The quantitative estimate of drug-likeness (QED) is 0.568. The highest BCUT2D eigenvalue weighted by Crippen LogP contribution is 2.36. The molecule has 0 bridgehead atoms. The summed E-state index contributed by atoms with van der Waals surface area (Å²) in [4.78, 5) is 0.114. The van der Waals surface area contributed by atoms with Gasteiger partial charge in [-0.05, 0) is 35.5 Å². The normalized spacial score (nSPS) is 11.6. The molecule has 0 aliphatic rings. The second-order valence-corrected chi connectivity index (χ2v) is 3.72. The first-order valence-electron chi connectivity index (χ1n) is 3.93. The third-order valence-electron chi connectivity index (χ3n) is 1.44. The number of thioether (sulfide) groups is 1. The maximum atomic E-state index is 12.0. The minimum absolute atomic E-state index is 0.114. The van der Waals surface area contributed by atoms with Crippen LogP contribution < -0.4 is 0 Å². The second kappa shape index (κ2) is 4.89. The fraction of sp³-hybridized carbons (Fsp3) is 0.100. The van der Waals surface area contributed by atoms with E-state index in [0.717, 1.165) is 0 Å². The Bertz CT molecular complexity index is 404. The first-order valence-corrected chi connectivity index (χ1v) is 4.75. The molecular formula is C10H6F3NS. The van der Waals surface area contributed by atoms with Crippen LogP contribution in [0.2, 0.25) is 0 Å². The van der Waals surface area contributed by atoms with E-state index in [0.29, 0.717) is 5.56 Å². The Hall–Kier alpha value is -1.41. The van der Waals surface area contributed by atoms with Crippen LogP contribution in [-0.4, -0.2) is 5.51 Å². The molecule has 1 nitrogen and oxygen atoms in total. The van der Waals surface area contributed by atoms with Gasteiger partial charge in [-0.2, -0.15) is 18.4 Å². The molecule has 0 saturated carbocycles. The summed E-state index contributed by atoms with van der Waals surface area (Å²) in [5, 5.41) is 8.26. The van der Waals surface area contributed by atoms with Crippen LogP contribution in [0.3, 0.4) is 0 Å². The third kappa shape index (κ3) is 4.56. The summed E-state index contributed by atoms with van der Waals surface area (Å²) in [5.41, 5.74) is -3.71. The van der Waals surface area contributed by atoms with Gasteiger partial charge in [-0.25, -0.2) is 0 Å². The lowest BCUT2D eigenvalue weighted by atomic mass is 10.2. The molecule has 0 amide bonds. The number of halogens is 3. The number of nitrogens with zero attached hydrogens (tertiary/aromatic N) is 1. The Balaban J connectivity index is 2.84. The van der Waals surface area contributed by atoms with Crippen molar-refractivity contribution in [2.75, 3.05) is 0 Å². The van der Waals surface area contributed by atoms with Crippen LogP contribution in [0.25, 0.3) is 6.08 Å². The van der Waals surface area contributed by atoms with Gasteiger partial charge in [0.25, 0.3) is 0 Å². The van der Waals surface area contributed by atoms with E-state index >= 15 is 0 Å². The molecule has 0 heterocycles. The van der Waals surface area contributed by atoms with Gasteiger partial charge >= 0.3 is 5.51 Å². The van der Waals surface area contributed by atoms with Crippen molar-refractivity contribution in [2.24, 2.45) is 0 Å². The van der Waals surface area contributed by atoms with Gasteiger partial charge in [-0.1, -0.05) is 12.1 Å². The van der Waals surface area contributed by atoms with Crippen molar-refractivity contribution in [1.82, 2.24) is 0 Å². The van der Waals surface area contributed by atoms with Crippen LogP contribution >= 0.6 is 11.8 Å². The van der Waals surface area contributed by atoms with Gasteiger partial charge in [0.15, 0.2) is 0 Å². The molecule has 0 aromatic heterocycles. The van der Waals surface area contributed by atoms with Gasteiger partial charge in [-0.15, -0.1) is 0 Å². The molecule has 0 atom stereocenters. The lowest BCUT2D eigenvalue weighted by Gasteiger charge is -2.05. The molecule has 0 N–H and O–H groups in total. The van der Waals surface area contributed by atoms with Crippen LogP contribution in [0.4, 0.5) is 13.2 Å². The molecule has 0 saturated heterocycles. The zero-order valence-corrected chi connectivity index (χ0v) is 8.27. The topological polar surface area (TPSA) is 23.8 Å². The minimum Gasteiger partial charge on any atom is -0.193 e. The molecule has 15 heavy (non-hydrogen) atoms. The average molecular weight is 229 g/mol. The number of nitriles is 1. The Morgan fingerprint density at radius 3 is 2.67 bits per heavy atom. The van der Waals surface area contributed by atoms with E-state index in [1.165, 1.54) is 30.4 Å². The highest BCUT2D eigenvalue weighted by atomic mass is 32.2. The highest BCUT2D eigenvalue weighted by molar-refractivity contribution is 8.00. The van der Waals surface area contributed by atoms with Crippen LogP contribution in [0.1, 0.15) is 5.56 Å². The molecule has 78 valence electrons. The highest BCUT2D eigenvalue weighted by Gasteiger charge is 2.28. The Morgan fingerprint density at radius 2 is 2.07 bits per heavy atom. The maximum absolute atomic E-state index is 12.0. The molecular weight excluding hydrogens is 223 g/mol. The largest absolute Gasteiger partial charge is 0.446 e. The molecule has 0 aliphatic carbocycles. The van der Waals surface area contributed by atoms with Gasteiger partial charge in [0.2, 0.25) is 0 Å². The first kappa shape index (κ1) is 11.7. The monoisotopic (exact) mass is 229 g/mol. The van der Waals surface area contributed by atoms with Gasteiger partial charge in [0, 0.05) is 11.0 Å². The number of alkyl halides is 3. The lowest BCUT2D eigenvalue weighted by Crippen LogP contribution is -1.98. The summed E-state index contributed by atoms with van der Waals surface area (Å²) in [6.07, 6.45) is 2.68. The zero-order chi connectivity index (χ0) is 11.3. The van der Waals surface area contributed by atoms with Crippen molar-refractivity contribution in [3.63, 3.8) is 0 Å². The summed E-state index contributed by atoms with van der Waals surface area (Å²) >= 11 is -0.168. The van der Waals surface area contributed by atoms with Crippen LogP contribution in [0.5, 0.6) is 0 Å². The molecule has 0 fully saturated rings. The second-order valence-electron chi connectivity index (χ2n) is 2.58. The predicted octanol–water partition coefficient (Wildman–Crippen LogP) is 3.84. The van der Waals surface area contributed by atoms with E-state index in [1.54, 1.807) is 12.1 Å². The molecule has 1 aromatic rings. The average Bonchev–Trinajstić information content (AvgIpc) is 2.12. The Labute approximate surface area is 89.2 Å². The summed E-state index contributed by atoms with van der Waals surface area (Å²) in [6, 6.07) is 7.68. The van der Waals surface area contributed by atoms with E-state index in [9.17, 15) is 13.2 Å². The number of hydrogen-bond donors (Lipinski definition) is 0. The van der Waals surface area contributed by atoms with Gasteiger partial charge in [0.1, 0.15) is 0 Å². The number of rotatable bonds is 2. The fourth-order valence-electron chi connectivity index (χ4n) is 0.949. The molecule has 1 rings (SSSR count). The summed E-state index contributed by atoms with van der Waals surface area (Å²) in [6.45, 7) is 0. The Kier molecular flexibility index (Phi) is 3.81. The number of allylic oxidation sites excluding steroid dienone is 1. The van der Waals surface area contributed by atoms with E-state index in [-0.39, 0.29) is 16.7 Å². The van der Waals surface area contributed by atoms with Crippen molar-refractivity contribution in [1.29, 1.82) is 5.26 Å². The van der Waals surface area contributed by atoms with Gasteiger partial charge < -0.3 is 0 Å². The fourth-order valence-corrected chi connectivity index (χ4v) is 1.56. The number of hydrogen-bond acceptors (Lipinski definition) is 2. The van der Waals surface area contributed by atoms with Crippen LogP contribution in [0.15, 0.2) is 35.2 Å². The van der Waals surface area contributed by atoms with E-state index in [2.05, 4.69) is 0 Å². The SMILES string of the molecule is N#CC=Cc1cccc(SC(F)(F)F)c1. The smallest absolute Gasteiger partial charge is 0.193 e. The van der Waals surface area contributed by atoms with Crippen molar-refractivity contribution in [3.05, 3.63) is 35.9 Å². The first-order chi connectivity index (χ1) is 7.01. The van der Waals surface area contributed by atoms with Crippen molar-refractivity contribution >= 4 is 17.8 Å². The van der Waals surface area contributed by atoms with E-state index in [4.69, 9.17) is 5.26 Å². The standard InChI is InChI=1S/C10H6F3NS/c11-10(12,13)15-9-5-1-3-8(7-9)4-2-6-14/h1-5,7H. The summed E-state index contributed by atoms with van der Waals surface area (Å²) < 4.78 is 36.1. The summed E-state index contributed by atoms with van der Waals surface area (Å²) in [7, 11) is 0. The van der Waals surface area contributed by atoms with Crippen LogP contribution in [-0.2, 0) is 0 Å². The van der Waals surface area contributed by atoms with E-state index in [1.807, 2.05) is 0 Å². The zero-order valence-electron chi connectivity index (χ0n) is 7.45. The van der Waals surface area contributed by atoms with E-state index < -0.39 is 5.51 Å². The molecule has 0 unspecified atom stereocenters. The third-order valence-corrected chi connectivity index (χ3v) is 2.16. The molecule has 1 aromatic carbocycles. The maximum Gasteiger partial charge on any atom is 0.446 e. The van der Waals surface area contributed by atoms with Crippen LogP contribution in [0, 0.1) is 11.3 Å².